The van der Waals surface area contributed by atoms with E-state index in [2.05, 4.69) is 17.2 Å². The van der Waals surface area contributed by atoms with E-state index in [1.54, 1.807) is 12.1 Å². The van der Waals surface area contributed by atoms with Crippen LogP contribution in [0.3, 0.4) is 0 Å². The zero-order valence-corrected chi connectivity index (χ0v) is 13.5. The maximum absolute atomic E-state index is 12.9. The van der Waals surface area contributed by atoms with E-state index < -0.39 is 29.8 Å². The Kier molecular flexibility index (Phi) is 5.35. The van der Waals surface area contributed by atoms with E-state index in [1.165, 1.54) is 12.1 Å². The number of rotatable bonds is 5. The number of benzene rings is 1. The molecule has 2 N–H and O–H groups in total. The first kappa shape index (κ1) is 18.1. The van der Waals surface area contributed by atoms with Crippen molar-refractivity contribution in [1.29, 1.82) is 0 Å². The average Bonchev–Trinajstić information content (AvgIpc) is 3.34. The summed E-state index contributed by atoms with van der Waals surface area (Å²) in [4.78, 5) is 23.7. The van der Waals surface area contributed by atoms with Gasteiger partial charge in [0.2, 0.25) is 0 Å². The third-order valence-corrected chi connectivity index (χ3v) is 3.85. The first-order valence-corrected chi connectivity index (χ1v) is 7.65. The predicted molar refractivity (Wildman–Crippen MR) is 84.6 cm³/mol. The van der Waals surface area contributed by atoms with Crippen molar-refractivity contribution in [1.82, 2.24) is 5.32 Å². The third-order valence-electron chi connectivity index (χ3n) is 3.85. The van der Waals surface area contributed by atoms with Crippen LogP contribution < -0.4 is 5.32 Å². The summed E-state index contributed by atoms with van der Waals surface area (Å²) in [5, 5.41) is 12.0. The van der Waals surface area contributed by atoms with Crippen LogP contribution in [0.4, 0.5) is 8.78 Å². The molecule has 1 aliphatic rings. The molecular weight excluding hydrogens is 316 g/mol. The van der Waals surface area contributed by atoms with Gasteiger partial charge in [-0.2, -0.15) is 0 Å². The van der Waals surface area contributed by atoms with Crippen LogP contribution in [-0.4, -0.2) is 34.9 Å². The molecule has 2 rings (SSSR count). The molecule has 0 unspecified atom stereocenters. The van der Waals surface area contributed by atoms with Crippen LogP contribution in [0, 0.1) is 17.8 Å². The Balaban J connectivity index is 2.09. The minimum atomic E-state index is -3.17. The van der Waals surface area contributed by atoms with Crippen LogP contribution >= 0.6 is 0 Å². The van der Waals surface area contributed by atoms with Crippen molar-refractivity contribution < 1.29 is 23.5 Å². The Bertz CT molecular complexity index is 682. The van der Waals surface area contributed by atoms with E-state index in [-0.39, 0.29) is 5.56 Å². The van der Waals surface area contributed by atoms with E-state index in [0.29, 0.717) is 5.92 Å². The Morgan fingerprint density at radius 1 is 1.29 bits per heavy atom. The lowest BCUT2D eigenvalue weighted by Crippen LogP contribution is -2.58. The summed E-state index contributed by atoms with van der Waals surface area (Å²) >= 11 is 0. The molecule has 24 heavy (non-hydrogen) atoms. The zero-order valence-electron chi connectivity index (χ0n) is 13.5. The Hall–Kier alpha value is -2.26. The summed E-state index contributed by atoms with van der Waals surface area (Å²) in [7, 11) is 0. The minimum Gasteiger partial charge on any atom is -0.382 e. The fourth-order valence-electron chi connectivity index (χ4n) is 2.12. The lowest BCUT2D eigenvalue weighted by Gasteiger charge is -2.30. The van der Waals surface area contributed by atoms with Gasteiger partial charge in [0.15, 0.2) is 5.78 Å². The van der Waals surface area contributed by atoms with Gasteiger partial charge in [0.05, 0.1) is 0 Å². The lowest BCUT2D eigenvalue weighted by molar-refractivity contribution is -0.138. The summed E-state index contributed by atoms with van der Waals surface area (Å²) in [6, 6.07) is 4.61. The monoisotopic (exact) mass is 335 g/mol. The summed E-state index contributed by atoms with van der Waals surface area (Å²) in [6.45, 7) is 1.86. The first-order chi connectivity index (χ1) is 11.2. The third kappa shape index (κ3) is 4.39. The molecule has 2 atom stereocenters. The van der Waals surface area contributed by atoms with E-state index >= 15 is 0 Å². The predicted octanol–water partition coefficient (Wildman–Crippen LogP) is 2.15. The molecule has 1 saturated carbocycles. The summed E-state index contributed by atoms with van der Waals surface area (Å²) < 4.78 is 25.8. The van der Waals surface area contributed by atoms with Crippen LogP contribution in [-0.2, 0) is 4.79 Å². The summed E-state index contributed by atoms with van der Waals surface area (Å²) in [5.74, 6) is 5.08. The molecule has 6 heteroatoms. The van der Waals surface area contributed by atoms with Crippen molar-refractivity contribution in [2.75, 3.05) is 0 Å². The summed E-state index contributed by atoms with van der Waals surface area (Å²) in [6.07, 6.45) is -0.944. The Morgan fingerprint density at radius 3 is 2.33 bits per heavy atom. The smallest absolute Gasteiger partial charge is 0.269 e. The number of alkyl halides is 2. The quantitative estimate of drug-likeness (QED) is 0.811. The van der Waals surface area contributed by atoms with Gasteiger partial charge < -0.3 is 10.4 Å². The topological polar surface area (TPSA) is 66.4 Å². The van der Waals surface area contributed by atoms with Gasteiger partial charge in [0.1, 0.15) is 11.6 Å². The molecule has 1 aromatic rings. The summed E-state index contributed by atoms with van der Waals surface area (Å²) in [5.41, 5.74) is -1.69. The molecule has 4 nitrogen and oxygen atoms in total. The highest BCUT2D eigenvalue weighted by atomic mass is 19.3. The van der Waals surface area contributed by atoms with Gasteiger partial charge in [-0.05, 0) is 51.0 Å². The van der Waals surface area contributed by atoms with Crippen molar-refractivity contribution in [2.45, 2.75) is 44.8 Å². The number of hydrogen-bond donors (Lipinski definition) is 2. The zero-order chi connectivity index (χ0) is 17.9. The van der Waals surface area contributed by atoms with Crippen LogP contribution in [0.15, 0.2) is 24.3 Å². The highest BCUT2D eigenvalue weighted by molar-refractivity contribution is 5.98. The minimum absolute atomic E-state index is 0.197. The molecule has 0 spiro atoms. The van der Waals surface area contributed by atoms with E-state index in [0.717, 1.165) is 32.3 Å². The molecule has 0 saturated heterocycles. The van der Waals surface area contributed by atoms with Crippen molar-refractivity contribution in [2.24, 2.45) is 5.92 Å². The second-order valence-electron chi connectivity index (χ2n) is 6.16. The number of nitrogens with one attached hydrogen (secondary N) is 1. The number of amides is 1. The molecule has 0 bridgehead atoms. The van der Waals surface area contributed by atoms with E-state index in [9.17, 15) is 23.5 Å². The van der Waals surface area contributed by atoms with Gasteiger partial charge in [-0.3, -0.25) is 9.59 Å². The molecule has 0 aliphatic heterocycles. The molecule has 0 aromatic heterocycles. The highest BCUT2D eigenvalue weighted by Crippen LogP contribution is 2.27. The molecule has 1 amide bonds. The largest absolute Gasteiger partial charge is 0.382 e. The van der Waals surface area contributed by atoms with Gasteiger partial charge in [0, 0.05) is 17.0 Å². The van der Waals surface area contributed by atoms with Gasteiger partial charge in [0.25, 0.3) is 12.3 Å². The second-order valence-corrected chi connectivity index (χ2v) is 6.16. The number of carbonyl (C=O) groups excluding carboxylic acids is 2. The average molecular weight is 335 g/mol. The van der Waals surface area contributed by atoms with E-state index in [4.69, 9.17) is 0 Å². The molecule has 0 radical (unpaired) electrons. The number of hydrogen-bond acceptors (Lipinski definition) is 3. The maximum atomic E-state index is 12.9. The van der Waals surface area contributed by atoms with Crippen molar-refractivity contribution >= 4 is 11.7 Å². The van der Waals surface area contributed by atoms with Crippen LogP contribution in [0.5, 0.6) is 0 Å². The molecule has 1 aliphatic carbocycles. The van der Waals surface area contributed by atoms with Gasteiger partial charge >= 0.3 is 0 Å². The standard InChI is InChI=1S/C18H19F2NO3/c1-11(22)15(18(2,24)17(19)20)21-16(23)14-9-7-13(8-10-14)6-5-12-3-4-12/h7-10,12,15,17,24H,3-4H2,1-2H3,(H,21,23)/t15-,18+/m1/s1. The number of Topliss-reactive ketones (excluding diaryl/α,β-unsaturated/α-hetero) is 1. The molecule has 0 heterocycles. The van der Waals surface area contributed by atoms with Gasteiger partial charge in [-0.15, -0.1) is 0 Å². The molecule has 128 valence electrons. The van der Waals surface area contributed by atoms with Crippen LogP contribution in [0.2, 0.25) is 0 Å². The molecular formula is C18H19F2NO3. The van der Waals surface area contributed by atoms with Crippen LogP contribution in [0.25, 0.3) is 0 Å². The van der Waals surface area contributed by atoms with Crippen molar-refractivity contribution in [3.63, 3.8) is 0 Å². The molecule has 1 aromatic carbocycles. The SMILES string of the molecule is CC(=O)[C@@H](NC(=O)c1ccc(C#CC2CC2)cc1)[C@](C)(O)C(F)F. The Morgan fingerprint density at radius 2 is 1.88 bits per heavy atom. The molecule has 1 fully saturated rings. The first-order valence-electron chi connectivity index (χ1n) is 7.65. The lowest BCUT2D eigenvalue weighted by atomic mass is 9.93. The normalized spacial score (nSPS) is 17.4. The second kappa shape index (κ2) is 7.10. The van der Waals surface area contributed by atoms with Crippen LogP contribution in [0.1, 0.15) is 42.6 Å². The fraction of sp³-hybridized carbons (Fsp3) is 0.444. The number of ketones is 1. The van der Waals surface area contributed by atoms with Crippen molar-refractivity contribution in [3.05, 3.63) is 35.4 Å². The van der Waals surface area contributed by atoms with Gasteiger partial charge in [-0.1, -0.05) is 11.8 Å². The van der Waals surface area contributed by atoms with E-state index in [1.807, 2.05) is 0 Å². The number of halogens is 2. The Labute approximate surface area is 139 Å². The number of carbonyl (C=O) groups is 2. The highest BCUT2D eigenvalue weighted by Gasteiger charge is 2.44. The van der Waals surface area contributed by atoms with Gasteiger partial charge in [-0.25, -0.2) is 8.78 Å². The maximum Gasteiger partial charge on any atom is 0.269 e. The fourth-order valence-corrected chi connectivity index (χ4v) is 2.12. The van der Waals surface area contributed by atoms with Crippen molar-refractivity contribution in [3.8, 4) is 11.8 Å². The number of aliphatic hydroxyl groups is 1.